The molecule has 3 aromatic rings. The molecule has 1 amide bonds. The second-order valence-corrected chi connectivity index (χ2v) is 7.14. The summed E-state index contributed by atoms with van der Waals surface area (Å²) in [6, 6.07) is 17.7. The standard InChI is InChI=1S/C25H19NO7/c1-31-16-7-9-17(10-8-16)32-14-23(28)33-13-22(27)26-15-6-11-20-21(12-15)25(30)19-5-3-2-4-18(19)24(20)29/h2-12H,13-14H2,1H3,(H,26,27). The highest BCUT2D eigenvalue weighted by molar-refractivity contribution is 6.28. The van der Waals surface area contributed by atoms with Crippen LogP contribution in [0.4, 0.5) is 5.69 Å². The Bertz CT molecular complexity index is 1250. The van der Waals surface area contributed by atoms with Gasteiger partial charge in [0.1, 0.15) is 11.5 Å². The Balaban J connectivity index is 1.32. The summed E-state index contributed by atoms with van der Waals surface area (Å²) in [5.74, 6) is -0.750. The quantitative estimate of drug-likeness (QED) is 0.436. The highest BCUT2D eigenvalue weighted by atomic mass is 16.6. The van der Waals surface area contributed by atoms with Crippen LogP contribution in [0.3, 0.4) is 0 Å². The van der Waals surface area contributed by atoms with E-state index in [0.717, 1.165) is 0 Å². The molecule has 0 unspecified atom stereocenters. The Morgan fingerprint density at radius 1 is 0.758 bits per heavy atom. The molecule has 0 bridgehead atoms. The lowest BCUT2D eigenvalue weighted by atomic mass is 9.84. The molecular weight excluding hydrogens is 426 g/mol. The van der Waals surface area contributed by atoms with Gasteiger partial charge in [-0.15, -0.1) is 0 Å². The molecule has 3 aromatic carbocycles. The van der Waals surface area contributed by atoms with Crippen molar-refractivity contribution < 1.29 is 33.4 Å². The molecule has 1 aliphatic rings. The Labute approximate surface area is 189 Å². The van der Waals surface area contributed by atoms with E-state index < -0.39 is 18.5 Å². The average Bonchev–Trinajstić information content (AvgIpc) is 2.85. The van der Waals surface area contributed by atoms with E-state index in [2.05, 4.69) is 5.32 Å². The van der Waals surface area contributed by atoms with Crippen molar-refractivity contribution in [3.05, 3.63) is 89.0 Å². The summed E-state index contributed by atoms with van der Waals surface area (Å²) in [5.41, 5.74) is 1.48. The topological polar surface area (TPSA) is 108 Å². The van der Waals surface area contributed by atoms with Gasteiger partial charge in [0.15, 0.2) is 24.8 Å². The predicted octanol–water partition coefficient (Wildman–Crippen LogP) is 3.03. The minimum absolute atomic E-state index is 0.210. The lowest BCUT2D eigenvalue weighted by Crippen LogP contribution is -2.24. The van der Waals surface area contributed by atoms with E-state index in [-0.39, 0.29) is 29.3 Å². The number of carbonyl (C=O) groups is 4. The molecule has 1 aliphatic carbocycles. The van der Waals surface area contributed by atoms with Crippen molar-refractivity contribution in [2.45, 2.75) is 0 Å². The van der Waals surface area contributed by atoms with Crippen molar-refractivity contribution in [1.29, 1.82) is 0 Å². The van der Waals surface area contributed by atoms with Crippen molar-refractivity contribution in [2.75, 3.05) is 25.6 Å². The summed E-state index contributed by atoms with van der Waals surface area (Å²) in [6.07, 6.45) is 0. The maximum atomic E-state index is 12.8. The first kappa shape index (κ1) is 21.8. The number of ketones is 2. The Kier molecular flexibility index (Phi) is 6.17. The lowest BCUT2D eigenvalue weighted by molar-refractivity contribution is -0.149. The number of nitrogens with one attached hydrogen (secondary N) is 1. The van der Waals surface area contributed by atoms with E-state index in [1.54, 1.807) is 55.6 Å². The van der Waals surface area contributed by atoms with Crippen molar-refractivity contribution in [2.24, 2.45) is 0 Å². The molecule has 0 heterocycles. The molecule has 0 aliphatic heterocycles. The molecule has 0 aromatic heterocycles. The second-order valence-electron chi connectivity index (χ2n) is 7.14. The van der Waals surface area contributed by atoms with Gasteiger partial charge in [0.25, 0.3) is 5.91 Å². The van der Waals surface area contributed by atoms with Crippen molar-refractivity contribution >= 4 is 29.1 Å². The van der Waals surface area contributed by atoms with E-state index in [4.69, 9.17) is 14.2 Å². The molecular formula is C25H19NO7. The largest absolute Gasteiger partial charge is 0.497 e. The minimum atomic E-state index is -0.719. The molecule has 0 radical (unpaired) electrons. The van der Waals surface area contributed by atoms with Gasteiger partial charge in [0.05, 0.1) is 7.11 Å². The zero-order valence-electron chi connectivity index (χ0n) is 17.6. The first-order valence-electron chi connectivity index (χ1n) is 10.0. The van der Waals surface area contributed by atoms with Crippen LogP contribution in [-0.2, 0) is 14.3 Å². The van der Waals surface area contributed by atoms with Gasteiger partial charge >= 0.3 is 5.97 Å². The Hall–Kier alpha value is -4.46. The number of carbonyl (C=O) groups excluding carboxylic acids is 4. The maximum Gasteiger partial charge on any atom is 0.344 e. The van der Waals surface area contributed by atoms with E-state index in [9.17, 15) is 19.2 Å². The maximum absolute atomic E-state index is 12.8. The number of methoxy groups -OCH3 is 1. The summed E-state index contributed by atoms with van der Waals surface area (Å²) < 4.78 is 15.3. The molecule has 0 saturated heterocycles. The third-order valence-electron chi connectivity index (χ3n) is 4.99. The highest BCUT2D eigenvalue weighted by Crippen LogP contribution is 2.29. The number of hydrogen-bond acceptors (Lipinski definition) is 7. The Morgan fingerprint density at radius 3 is 2.03 bits per heavy atom. The molecule has 8 heteroatoms. The van der Waals surface area contributed by atoms with Gasteiger partial charge in [0, 0.05) is 27.9 Å². The van der Waals surface area contributed by atoms with E-state index in [1.807, 2.05) is 0 Å². The number of fused-ring (bicyclic) bond motifs is 2. The van der Waals surface area contributed by atoms with Crippen molar-refractivity contribution in [1.82, 2.24) is 0 Å². The minimum Gasteiger partial charge on any atom is -0.497 e. The summed E-state index contributed by atoms with van der Waals surface area (Å²) in [7, 11) is 1.54. The number of rotatable bonds is 7. The normalized spacial score (nSPS) is 11.8. The van der Waals surface area contributed by atoms with Crippen LogP contribution >= 0.6 is 0 Å². The summed E-state index contributed by atoms with van der Waals surface area (Å²) in [5, 5.41) is 2.56. The van der Waals surface area contributed by atoms with Crippen LogP contribution in [0.25, 0.3) is 0 Å². The number of benzene rings is 3. The monoisotopic (exact) mass is 445 g/mol. The number of anilines is 1. The van der Waals surface area contributed by atoms with Crippen LogP contribution in [-0.4, -0.2) is 43.8 Å². The fourth-order valence-corrected chi connectivity index (χ4v) is 3.38. The van der Waals surface area contributed by atoms with Crippen molar-refractivity contribution in [3.8, 4) is 11.5 Å². The number of amides is 1. The van der Waals surface area contributed by atoms with Gasteiger partial charge in [-0.2, -0.15) is 0 Å². The van der Waals surface area contributed by atoms with Gasteiger partial charge < -0.3 is 19.5 Å². The third-order valence-corrected chi connectivity index (χ3v) is 4.99. The molecule has 8 nitrogen and oxygen atoms in total. The van der Waals surface area contributed by atoms with E-state index >= 15 is 0 Å². The second kappa shape index (κ2) is 9.35. The van der Waals surface area contributed by atoms with Crippen LogP contribution in [0, 0.1) is 0 Å². The fraction of sp³-hybridized carbons (Fsp3) is 0.120. The molecule has 0 atom stereocenters. The van der Waals surface area contributed by atoms with E-state index in [1.165, 1.54) is 18.2 Å². The zero-order valence-corrected chi connectivity index (χ0v) is 17.6. The third kappa shape index (κ3) is 4.74. The van der Waals surface area contributed by atoms with E-state index in [0.29, 0.717) is 28.3 Å². The van der Waals surface area contributed by atoms with Gasteiger partial charge in [-0.3, -0.25) is 14.4 Å². The van der Waals surface area contributed by atoms with Crippen LogP contribution in [0.2, 0.25) is 0 Å². The van der Waals surface area contributed by atoms with Gasteiger partial charge in [0.2, 0.25) is 0 Å². The number of hydrogen-bond donors (Lipinski definition) is 1. The first-order chi connectivity index (χ1) is 16.0. The SMILES string of the molecule is COc1ccc(OCC(=O)OCC(=O)Nc2ccc3c(c2)C(=O)c2ccccc2C3=O)cc1. The fourth-order valence-electron chi connectivity index (χ4n) is 3.38. The molecule has 33 heavy (non-hydrogen) atoms. The Morgan fingerprint density at radius 2 is 1.36 bits per heavy atom. The van der Waals surface area contributed by atoms with Gasteiger partial charge in [-0.1, -0.05) is 24.3 Å². The van der Waals surface area contributed by atoms with Crippen LogP contribution in [0.1, 0.15) is 31.8 Å². The summed E-state index contributed by atoms with van der Waals surface area (Å²) in [4.78, 5) is 49.5. The number of ether oxygens (including phenoxy) is 3. The molecule has 0 fully saturated rings. The van der Waals surface area contributed by atoms with Crippen LogP contribution in [0.5, 0.6) is 11.5 Å². The highest BCUT2D eigenvalue weighted by Gasteiger charge is 2.29. The molecule has 0 spiro atoms. The molecule has 166 valence electrons. The first-order valence-corrected chi connectivity index (χ1v) is 10.0. The molecule has 1 N–H and O–H groups in total. The summed E-state index contributed by atoms with van der Waals surface area (Å²) in [6.45, 7) is -0.897. The van der Waals surface area contributed by atoms with Crippen LogP contribution < -0.4 is 14.8 Å². The predicted molar refractivity (Wildman–Crippen MR) is 118 cm³/mol. The number of esters is 1. The van der Waals surface area contributed by atoms with Crippen molar-refractivity contribution in [3.63, 3.8) is 0 Å². The summed E-state index contributed by atoms with van der Waals surface area (Å²) >= 11 is 0. The average molecular weight is 445 g/mol. The smallest absolute Gasteiger partial charge is 0.344 e. The molecule has 0 saturated carbocycles. The van der Waals surface area contributed by atoms with Gasteiger partial charge in [-0.25, -0.2) is 4.79 Å². The zero-order chi connectivity index (χ0) is 23.4. The molecule has 4 rings (SSSR count). The van der Waals surface area contributed by atoms with Crippen LogP contribution in [0.15, 0.2) is 66.7 Å². The van der Waals surface area contributed by atoms with Gasteiger partial charge in [-0.05, 0) is 42.5 Å². The lowest BCUT2D eigenvalue weighted by Gasteiger charge is -2.18.